The summed E-state index contributed by atoms with van der Waals surface area (Å²) < 4.78 is 0. The van der Waals surface area contributed by atoms with E-state index in [1.54, 1.807) is 13.0 Å². The molecule has 18 heavy (non-hydrogen) atoms. The molecule has 5 N–H and O–H groups in total. The van der Waals surface area contributed by atoms with Crippen LogP contribution in [0.5, 0.6) is 0 Å². The summed E-state index contributed by atoms with van der Waals surface area (Å²) in [7, 11) is 0. The molecule has 0 aromatic carbocycles. The number of aryl methyl sites for hydroxylation is 1. The average molecular weight is 251 g/mol. The molecule has 0 atom stereocenters. The zero-order valence-electron chi connectivity index (χ0n) is 10.7. The van der Waals surface area contributed by atoms with Gasteiger partial charge in [0.2, 0.25) is 0 Å². The van der Waals surface area contributed by atoms with Crippen LogP contribution in [0.4, 0.5) is 11.6 Å². The van der Waals surface area contributed by atoms with Crippen LogP contribution in [0, 0.1) is 6.92 Å². The van der Waals surface area contributed by atoms with E-state index >= 15 is 0 Å². The second kappa shape index (κ2) is 5.49. The lowest BCUT2D eigenvalue weighted by molar-refractivity contribution is 0.0166. The maximum absolute atomic E-state index is 10.4. The monoisotopic (exact) mass is 251 g/mol. The Morgan fingerprint density at radius 2 is 1.94 bits per heavy atom. The Labute approximate surface area is 107 Å². The molecule has 1 aliphatic carbocycles. The smallest absolute Gasteiger partial charge is 0.145 e. The largest absolute Gasteiger partial charge is 0.388 e. The molecular weight excluding hydrogens is 230 g/mol. The van der Waals surface area contributed by atoms with Gasteiger partial charge in [-0.15, -0.1) is 0 Å². The van der Waals surface area contributed by atoms with Gasteiger partial charge in [-0.1, -0.05) is 19.3 Å². The van der Waals surface area contributed by atoms with Gasteiger partial charge in [-0.05, 0) is 19.8 Å². The highest BCUT2D eigenvalue weighted by atomic mass is 16.3. The standard InChI is InChI=1S/C12H21N5O/c1-9-15-10(7-11(16-9)17-13)14-8-12(18)5-3-2-4-6-12/h7,18H,2-6,8,13H2,1H3,(H2,14,15,16,17). The molecule has 1 heterocycles. The predicted octanol–water partition coefficient (Wildman–Crippen LogP) is 1.18. The summed E-state index contributed by atoms with van der Waals surface area (Å²) in [6.45, 7) is 2.33. The van der Waals surface area contributed by atoms with Crippen LogP contribution in [0.15, 0.2) is 6.07 Å². The van der Waals surface area contributed by atoms with E-state index in [9.17, 15) is 5.11 Å². The Kier molecular flexibility index (Phi) is 3.98. The Bertz CT molecular complexity index is 403. The van der Waals surface area contributed by atoms with Crippen molar-refractivity contribution in [2.24, 2.45) is 5.84 Å². The second-order valence-corrected chi connectivity index (χ2v) is 4.97. The van der Waals surface area contributed by atoms with E-state index in [0.717, 1.165) is 25.7 Å². The molecule has 6 heteroatoms. The van der Waals surface area contributed by atoms with E-state index in [0.29, 0.717) is 24.0 Å². The lowest BCUT2D eigenvalue weighted by atomic mass is 9.85. The topological polar surface area (TPSA) is 96.1 Å². The van der Waals surface area contributed by atoms with Crippen LogP contribution in [-0.2, 0) is 0 Å². The van der Waals surface area contributed by atoms with Crippen LogP contribution in [0.25, 0.3) is 0 Å². The third-order valence-electron chi connectivity index (χ3n) is 3.37. The molecule has 6 nitrogen and oxygen atoms in total. The quantitative estimate of drug-likeness (QED) is 0.474. The Morgan fingerprint density at radius 1 is 1.28 bits per heavy atom. The van der Waals surface area contributed by atoms with Crippen molar-refractivity contribution in [3.8, 4) is 0 Å². The minimum absolute atomic E-state index is 0.521. The summed E-state index contributed by atoms with van der Waals surface area (Å²) in [4.78, 5) is 8.38. The number of aromatic nitrogens is 2. The molecule has 0 unspecified atom stereocenters. The molecule has 1 fully saturated rings. The van der Waals surface area contributed by atoms with Gasteiger partial charge >= 0.3 is 0 Å². The zero-order valence-corrected chi connectivity index (χ0v) is 10.7. The normalized spacial score (nSPS) is 18.4. The first-order chi connectivity index (χ1) is 8.61. The van der Waals surface area contributed by atoms with Crippen LogP contribution in [0.3, 0.4) is 0 Å². The lowest BCUT2D eigenvalue weighted by Gasteiger charge is -2.32. The number of rotatable bonds is 4. The van der Waals surface area contributed by atoms with E-state index in [-0.39, 0.29) is 0 Å². The molecule has 0 bridgehead atoms. The number of aliphatic hydroxyl groups is 1. The fraction of sp³-hybridized carbons (Fsp3) is 0.667. The first kappa shape index (κ1) is 13.0. The van der Waals surface area contributed by atoms with Gasteiger partial charge in [0.1, 0.15) is 17.5 Å². The van der Waals surface area contributed by atoms with Crippen LogP contribution < -0.4 is 16.6 Å². The van der Waals surface area contributed by atoms with Crippen molar-refractivity contribution in [3.63, 3.8) is 0 Å². The minimum Gasteiger partial charge on any atom is -0.388 e. The summed E-state index contributed by atoms with van der Waals surface area (Å²) >= 11 is 0. The Morgan fingerprint density at radius 3 is 2.61 bits per heavy atom. The summed E-state index contributed by atoms with van der Waals surface area (Å²) in [5.41, 5.74) is 1.90. The number of nitrogen functional groups attached to an aromatic ring is 1. The van der Waals surface area contributed by atoms with Gasteiger partial charge in [0.15, 0.2) is 0 Å². The molecule has 1 aromatic heterocycles. The first-order valence-electron chi connectivity index (χ1n) is 6.40. The lowest BCUT2D eigenvalue weighted by Crippen LogP contribution is -2.39. The third kappa shape index (κ3) is 3.30. The van der Waals surface area contributed by atoms with E-state index in [4.69, 9.17) is 5.84 Å². The number of nitrogens with zero attached hydrogens (tertiary/aromatic N) is 2. The Hall–Kier alpha value is -1.40. The van der Waals surface area contributed by atoms with Gasteiger partial charge in [0, 0.05) is 12.6 Å². The van der Waals surface area contributed by atoms with E-state index in [2.05, 4.69) is 20.7 Å². The van der Waals surface area contributed by atoms with Crippen molar-refractivity contribution in [1.82, 2.24) is 9.97 Å². The maximum atomic E-state index is 10.4. The molecule has 0 radical (unpaired) electrons. The molecule has 0 saturated heterocycles. The van der Waals surface area contributed by atoms with Gasteiger partial charge in [0.25, 0.3) is 0 Å². The fourth-order valence-electron chi connectivity index (χ4n) is 2.37. The maximum Gasteiger partial charge on any atom is 0.145 e. The summed E-state index contributed by atoms with van der Waals surface area (Å²) in [6.07, 6.45) is 5.11. The van der Waals surface area contributed by atoms with Crippen molar-refractivity contribution in [2.45, 2.75) is 44.6 Å². The Balaban J connectivity index is 1.98. The molecule has 1 aliphatic rings. The highest BCUT2D eigenvalue weighted by Crippen LogP contribution is 2.28. The van der Waals surface area contributed by atoms with Gasteiger partial charge in [-0.25, -0.2) is 15.8 Å². The minimum atomic E-state index is -0.604. The molecule has 100 valence electrons. The fourth-order valence-corrected chi connectivity index (χ4v) is 2.37. The van der Waals surface area contributed by atoms with Gasteiger partial charge in [-0.3, -0.25) is 0 Å². The molecule has 1 saturated carbocycles. The van der Waals surface area contributed by atoms with Crippen molar-refractivity contribution in [3.05, 3.63) is 11.9 Å². The van der Waals surface area contributed by atoms with Gasteiger partial charge in [-0.2, -0.15) is 0 Å². The van der Waals surface area contributed by atoms with Crippen LogP contribution in [-0.4, -0.2) is 27.2 Å². The molecule has 0 spiro atoms. The number of hydrogen-bond donors (Lipinski definition) is 4. The molecule has 0 aliphatic heterocycles. The van der Waals surface area contributed by atoms with Crippen molar-refractivity contribution in [2.75, 3.05) is 17.3 Å². The van der Waals surface area contributed by atoms with Gasteiger partial charge in [0.05, 0.1) is 5.60 Å². The summed E-state index contributed by atoms with van der Waals surface area (Å²) in [5.74, 6) is 7.24. The van der Waals surface area contributed by atoms with Crippen LogP contribution in [0.1, 0.15) is 37.9 Å². The molecule has 2 rings (SSSR count). The average Bonchev–Trinajstić information content (AvgIpc) is 2.37. The van der Waals surface area contributed by atoms with Crippen molar-refractivity contribution >= 4 is 11.6 Å². The number of nitrogens with two attached hydrogens (primary N) is 1. The zero-order chi connectivity index (χ0) is 13.0. The van der Waals surface area contributed by atoms with E-state index in [1.165, 1.54) is 6.42 Å². The number of hydrazine groups is 1. The molecule has 0 amide bonds. The van der Waals surface area contributed by atoms with Crippen molar-refractivity contribution < 1.29 is 5.11 Å². The van der Waals surface area contributed by atoms with Gasteiger partial charge < -0.3 is 15.8 Å². The summed E-state index contributed by atoms with van der Waals surface area (Å²) in [6, 6.07) is 1.74. The third-order valence-corrected chi connectivity index (χ3v) is 3.37. The van der Waals surface area contributed by atoms with Crippen LogP contribution in [0.2, 0.25) is 0 Å². The van der Waals surface area contributed by atoms with Crippen LogP contribution >= 0.6 is 0 Å². The molecule has 1 aromatic rings. The highest BCUT2D eigenvalue weighted by Gasteiger charge is 2.28. The second-order valence-electron chi connectivity index (χ2n) is 4.97. The first-order valence-corrected chi connectivity index (χ1v) is 6.40. The highest BCUT2D eigenvalue weighted by molar-refractivity contribution is 5.46. The predicted molar refractivity (Wildman–Crippen MR) is 71.1 cm³/mol. The number of hydrogen-bond acceptors (Lipinski definition) is 6. The number of anilines is 2. The molecular formula is C12H21N5O. The van der Waals surface area contributed by atoms with E-state index < -0.39 is 5.60 Å². The SMILES string of the molecule is Cc1nc(NN)cc(NCC2(O)CCCCC2)n1. The van der Waals surface area contributed by atoms with E-state index in [1.807, 2.05) is 0 Å². The van der Waals surface area contributed by atoms with Crippen molar-refractivity contribution in [1.29, 1.82) is 0 Å². The number of nitrogens with one attached hydrogen (secondary N) is 2. The summed E-state index contributed by atoms with van der Waals surface area (Å²) in [5, 5.41) is 13.6.